The number of amides is 1. The number of aromatic nitrogens is 3. The summed E-state index contributed by atoms with van der Waals surface area (Å²) in [7, 11) is 0. The molecule has 2 aromatic rings. The van der Waals surface area contributed by atoms with E-state index in [2.05, 4.69) is 15.4 Å². The Morgan fingerprint density at radius 1 is 1.31 bits per heavy atom. The number of rotatable bonds is 6. The van der Waals surface area contributed by atoms with Gasteiger partial charge in [0.1, 0.15) is 10.9 Å². The normalized spacial score (nSPS) is 14.6. The minimum absolute atomic E-state index is 0.179. The molecule has 0 saturated heterocycles. The lowest BCUT2D eigenvalue weighted by Crippen LogP contribution is -2.27. The average Bonchev–Trinajstić information content (AvgIpc) is 3.31. The summed E-state index contributed by atoms with van der Waals surface area (Å²) in [5, 5.41) is 6.55. The molecule has 1 atom stereocenters. The smallest absolute Gasteiger partial charge is 0.435 e. The van der Waals surface area contributed by atoms with Gasteiger partial charge in [-0.3, -0.25) is 9.48 Å². The number of alkyl halides is 3. The number of nitrogens with one attached hydrogen (secondary N) is 1. The van der Waals surface area contributed by atoms with Crippen LogP contribution >= 0.6 is 11.3 Å². The Hall–Kier alpha value is -2.43. The standard InChI is InChI=1S/C18H21F3N4O3S/c1-4-11(25-12-8-6-7-10(12)14(24-25)18(19,20)21)15(26)23-17-22-9(3)13(29-17)16(27)28-5-2/h11H,4-8H2,1-3H3,(H,22,23,26). The largest absolute Gasteiger partial charge is 0.462 e. The summed E-state index contributed by atoms with van der Waals surface area (Å²) in [4.78, 5) is 29.2. The molecule has 0 bridgehead atoms. The molecule has 1 amide bonds. The highest BCUT2D eigenvalue weighted by Crippen LogP contribution is 2.38. The summed E-state index contributed by atoms with van der Waals surface area (Å²) in [6.07, 6.45) is -2.95. The molecule has 3 rings (SSSR count). The maximum absolute atomic E-state index is 13.3. The number of hydrogen-bond donors (Lipinski definition) is 1. The summed E-state index contributed by atoms with van der Waals surface area (Å²) in [6, 6.07) is -0.909. The highest BCUT2D eigenvalue weighted by atomic mass is 32.1. The third-order valence-corrected chi connectivity index (χ3v) is 5.75. The van der Waals surface area contributed by atoms with Gasteiger partial charge in [-0.1, -0.05) is 18.3 Å². The van der Waals surface area contributed by atoms with Crippen LogP contribution in [0.3, 0.4) is 0 Å². The summed E-state index contributed by atoms with van der Waals surface area (Å²) in [5.74, 6) is -1.06. The molecule has 1 aliphatic carbocycles. The zero-order valence-electron chi connectivity index (χ0n) is 16.2. The van der Waals surface area contributed by atoms with E-state index in [0.717, 1.165) is 11.3 Å². The molecule has 1 unspecified atom stereocenters. The van der Waals surface area contributed by atoms with Gasteiger partial charge < -0.3 is 10.1 Å². The lowest BCUT2D eigenvalue weighted by atomic mass is 10.2. The van der Waals surface area contributed by atoms with Crippen LogP contribution in [0, 0.1) is 6.92 Å². The zero-order chi connectivity index (χ0) is 21.3. The molecule has 1 aliphatic rings. The van der Waals surface area contributed by atoms with E-state index in [-0.39, 0.29) is 28.6 Å². The Balaban J connectivity index is 1.86. The van der Waals surface area contributed by atoms with Crippen LogP contribution in [0.2, 0.25) is 0 Å². The van der Waals surface area contributed by atoms with Gasteiger partial charge in [0, 0.05) is 11.3 Å². The van der Waals surface area contributed by atoms with E-state index in [1.807, 2.05) is 0 Å². The van der Waals surface area contributed by atoms with Crippen molar-refractivity contribution in [2.45, 2.75) is 58.7 Å². The second kappa shape index (κ2) is 8.13. The Bertz CT molecular complexity index is 936. The van der Waals surface area contributed by atoms with E-state index in [4.69, 9.17) is 4.74 Å². The molecular weight excluding hydrogens is 409 g/mol. The lowest BCUT2D eigenvalue weighted by Gasteiger charge is -2.17. The molecule has 158 valence electrons. The quantitative estimate of drug-likeness (QED) is 0.702. The van der Waals surface area contributed by atoms with Crippen molar-refractivity contribution in [3.63, 3.8) is 0 Å². The molecule has 29 heavy (non-hydrogen) atoms. The van der Waals surface area contributed by atoms with Gasteiger partial charge in [0.25, 0.3) is 5.91 Å². The molecule has 0 radical (unpaired) electrons. The van der Waals surface area contributed by atoms with Crippen molar-refractivity contribution in [3.8, 4) is 0 Å². The Morgan fingerprint density at radius 3 is 2.66 bits per heavy atom. The van der Waals surface area contributed by atoms with Gasteiger partial charge in [-0.15, -0.1) is 0 Å². The van der Waals surface area contributed by atoms with Gasteiger partial charge in [-0.25, -0.2) is 9.78 Å². The second-order valence-corrected chi connectivity index (χ2v) is 7.64. The molecule has 2 aromatic heterocycles. The first-order valence-corrected chi connectivity index (χ1v) is 10.1. The van der Waals surface area contributed by atoms with Gasteiger partial charge in [0.15, 0.2) is 10.8 Å². The maximum atomic E-state index is 13.3. The van der Waals surface area contributed by atoms with Crippen LogP contribution in [-0.4, -0.2) is 33.2 Å². The predicted octanol–water partition coefficient (Wildman–Crippen LogP) is 3.92. The van der Waals surface area contributed by atoms with E-state index < -0.39 is 29.8 Å². The molecule has 2 heterocycles. The van der Waals surface area contributed by atoms with Crippen LogP contribution in [-0.2, 0) is 28.5 Å². The van der Waals surface area contributed by atoms with Crippen molar-refractivity contribution < 1.29 is 27.5 Å². The fourth-order valence-electron chi connectivity index (χ4n) is 3.44. The number of thiazole rings is 1. The number of halogens is 3. The number of fused-ring (bicyclic) bond motifs is 1. The number of ether oxygens (including phenoxy) is 1. The van der Waals surface area contributed by atoms with Crippen molar-refractivity contribution in [2.75, 3.05) is 11.9 Å². The van der Waals surface area contributed by atoms with Gasteiger partial charge >= 0.3 is 12.1 Å². The molecule has 0 spiro atoms. The number of aryl methyl sites for hydroxylation is 1. The molecule has 0 aromatic carbocycles. The number of hydrogen-bond acceptors (Lipinski definition) is 6. The van der Waals surface area contributed by atoms with Crippen LogP contribution < -0.4 is 5.32 Å². The molecule has 0 aliphatic heterocycles. The average molecular weight is 430 g/mol. The number of nitrogens with zero attached hydrogens (tertiary/aromatic N) is 3. The molecule has 7 nitrogen and oxygen atoms in total. The van der Waals surface area contributed by atoms with Crippen molar-refractivity contribution in [2.24, 2.45) is 0 Å². The van der Waals surface area contributed by atoms with E-state index >= 15 is 0 Å². The number of anilines is 1. The van der Waals surface area contributed by atoms with E-state index in [9.17, 15) is 22.8 Å². The van der Waals surface area contributed by atoms with Crippen molar-refractivity contribution in [3.05, 3.63) is 27.5 Å². The summed E-state index contributed by atoms with van der Waals surface area (Å²) < 4.78 is 46.1. The van der Waals surface area contributed by atoms with Crippen LogP contribution in [0.1, 0.15) is 65.0 Å². The molecule has 0 fully saturated rings. The number of esters is 1. The van der Waals surface area contributed by atoms with Crippen LogP contribution in [0.25, 0.3) is 0 Å². The fourth-order valence-corrected chi connectivity index (χ4v) is 4.31. The molecule has 1 N–H and O–H groups in total. The first-order valence-electron chi connectivity index (χ1n) is 9.30. The van der Waals surface area contributed by atoms with Crippen molar-refractivity contribution in [1.82, 2.24) is 14.8 Å². The first kappa shape index (κ1) is 21.3. The van der Waals surface area contributed by atoms with E-state index in [1.54, 1.807) is 20.8 Å². The van der Waals surface area contributed by atoms with Gasteiger partial charge in [0.2, 0.25) is 0 Å². The Kier molecular flexibility index (Phi) is 5.97. The third-order valence-electron chi connectivity index (χ3n) is 4.70. The van der Waals surface area contributed by atoms with Crippen LogP contribution in [0.15, 0.2) is 0 Å². The fraction of sp³-hybridized carbons (Fsp3) is 0.556. The van der Waals surface area contributed by atoms with Gasteiger partial charge in [-0.05, 0) is 39.5 Å². The van der Waals surface area contributed by atoms with Crippen LogP contribution in [0.5, 0.6) is 0 Å². The van der Waals surface area contributed by atoms with E-state index in [0.29, 0.717) is 30.7 Å². The first-order chi connectivity index (χ1) is 13.7. The van der Waals surface area contributed by atoms with Crippen LogP contribution in [0.4, 0.5) is 18.3 Å². The van der Waals surface area contributed by atoms with Gasteiger partial charge in [-0.2, -0.15) is 18.3 Å². The Labute approximate surface area is 169 Å². The van der Waals surface area contributed by atoms with Crippen molar-refractivity contribution >= 4 is 28.3 Å². The second-order valence-electron chi connectivity index (χ2n) is 6.64. The molecule has 11 heteroatoms. The molecule has 0 saturated carbocycles. The predicted molar refractivity (Wildman–Crippen MR) is 100 cm³/mol. The summed E-state index contributed by atoms with van der Waals surface area (Å²) >= 11 is 0.967. The monoisotopic (exact) mass is 430 g/mol. The molecular formula is C18H21F3N4O3S. The highest BCUT2D eigenvalue weighted by molar-refractivity contribution is 7.17. The number of carbonyl (C=O) groups excluding carboxylic acids is 2. The Morgan fingerprint density at radius 2 is 2.03 bits per heavy atom. The summed E-state index contributed by atoms with van der Waals surface area (Å²) in [5.41, 5.74) is 0.141. The van der Waals surface area contributed by atoms with Crippen molar-refractivity contribution in [1.29, 1.82) is 0 Å². The highest BCUT2D eigenvalue weighted by Gasteiger charge is 2.41. The van der Waals surface area contributed by atoms with Gasteiger partial charge in [0.05, 0.1) is 12.3 Å². The zero-order valence-corrected chi connectivity index (χ0v) is 17.0. The minimum atomic E-state index is -4.56. The topological polar surface area (TPSA) is 86.1 Å². The van der Waals surface area contributed by atoms with E-state index in [1.165, 1.54) is 4.68 Å². The SMILES string of the molecule is CCOC(=O)c1sc(NC(=O)C(CC)n2nc(C(F)(F)F)c3c2CCC3)nc1C. The lowest BCUT2D eigenvalue weighted by molar-refractivity contribution is -0.142. The number of carbonyl (C=O) groups is 2. The maximum Gasteiger partial charge on any atom is 0.435 e. The minimum Gasteiger partial charge on any atom is -0.462 e. The summed E-state index contributed by atoms with van der Waals surface area (Å²) in [6.45, 7) is 5.21. The third kappa shape index (κ3) is 4.14.